The molecule has 0 aromatic heterocycles. The number of benzene rings is 1. The van der Waals surface area contributed by atoms with E-state index in [1.165, 1.54) is 12.0 Å². The van der Waals surface area contributed by atoms with E-state index in [1.54, 1.807) is 25.1 Å². The molecule has 1 heterocycles. The van der Waals surface area contributed by atoms with Crippen molar-refractivity contribution in [2.45, 2.75) is 33.2 Å². The molecule has 2 amide bonds. The van der Waals surface area contributed by atoms with E-state index in [1.807, 2.05) is 13.8 Å². The minimum atomic E-state index is -0.525. The molecule has 1 saturated heterocycles. The number of imide groups is 1. The van der Waals surface area contributed by atoms with Crippen molar-refractivity contribution in [1.82, 2.24) is 4.90 Å². The van der Waals surface area contributed by atoms with E-state index in [0.717, 1.165) is 11.8 Å². The smallest absolute Gasteiger partial charge is 0.344 e. The van der Waals surface area contributed by atoms with Gasteiger partial charge in [-0.15, -0.1) is 0 Å². The van der Waals surface area contributed by atoms with Gasteiger partial charge in [0, 0.05) is 6.04 Å². The van der Waals surface area contributed by atoms with Crippen LogP contribution in [-0.2, 0) is 14.3 Å². The number of rotatable bonds is 8. The summed E-state index contributed by atoms with van der Waals surface area (Å²) in [7, 11) is 1.43. The van der Waals surface area contributed by atoms with Gasteiger partial charge in [0.2, 0.25) is 0 Å². The van der Waals surface area contributed by atoms with Gasteiger partial charge in [0.05, 0.1) is 23.6 Å². The highest BCUT2D eigenvalue weighted by Gasteiger charge is 2.37. The van der Waals surface area contributed by atoms with Gasteiger partial charge in [0.1, 0.15) is 0 Å². The molecule has 1 fully saturated rings. The number of hydrogen-bond donors (Lipinski definition) is 0. The fourth-order valence-electron chi connectivity index (χ4n) is 2.49. The number of halogens is 1. The van der Waals surface area contributed by atoms with Crippen LogP contribution in [0.5, 0.6) is 11.5 Å². The molecule has 0 aliphatic carbocycles. The van der Waals surface area contributed by atoms with E-state index in [2.05, 4.69) is 0 Å². The lowest BCUT2D eigenvalue weighted by Gasteiger charge is -2.19. The zero-order chi connectivity index (χ0) is 20.8. The first-order chi connectivity index (χ1) is 13.3. The molecule has 0 N–H and O–H groups in total. The molecule has 1 atom stereocenters. The Morgan fingerprint density at radius 2 is 2.04 bits per heavy atom. The van der Waals surface area contributed by atoms with Crippen LogP contribution in [0.3, 0.4) is 0 Å². The van der Waals surface area contributed by atoms with E-state index in [0.29, 0.717) is 22.6 Å². The molecule has 1 aromatic carbocycles. The molecule has 9 heteroatoms. The topological polar surface area (TPSA) is 82.1 Å². The molecule has 152 valence electrons. The second kappa shape index (κ2) is 9.84. The van der Waals surface area contributed by atoms with Crippen LogP contribution in [0.2, 0.25) is 5.02 Å². The minimum Gasteiger partial charge on any atom is -0.493 e. The Balaban J connectivity index is 2.27. The quantitative estimate of drug-likeness (QED) is 0.455. The summed E-state index contributed by atoms with van der Waals surface area (Å²) in [6.45, 7) is 5.38. The number of nitrogens with zero attached hydrogens (tertiary/aromatic N) is 1. The summed E-state index contributed by atoms with van der Waals surface area (Å²) < 4.78 is 15.5. The molecule has 1 aliphatic rings. The Morgan fingerprint density at radius 3 is 2.64 bits per heavy atom. The van der Waals surface area contributed by atoms with Crippen LogP contribution in [0.4, 0.5) is 4.79 Å². The molecule has 2 rings (SSSR count). The predicted molar refractivity (Wildman–Crippen MR) is 108 cm³/mol. The zero-order valence-corrected chi connectivity index (χ0v) is 17.7. The van der Waals surface area contributed by atoms with Crippen LogP contribution in [0.25, 0.3) is 6.08 Å². The maximum atomic E-state index is 12.5. The van der Waals surface area contributed by atoms with Gasteiger partial charge >= 0.3 is 5.97 Å². The molecule has 0 radical (unpaired) electrons. The van der Waals surface area contributed by atoms with Crippen LogP contribution < -0.4 is 9.47 Å². The van der Waals surface area contributed by atoms with Gasteiger partial charge in [-0.3, -0.25) is 14.5 Å². The standard InChI is InChI=1S/C19H22ClNO6S/c1-5-11(3)21-18(23)15(28-19(21)24)9-12-7-13(20)17(14(8-12)25-4)27-10-16(22)26-6-2/h7-9,11H,5-6,10H2,1-4H3/b15-9+/t11-/m0/s1. The van der Waals surface area contributed by atoms with Gasteiger partial charge in [-0.25, -0.2) is 4.79 Å². The Hall–Kier alpha value is -2.19. The Kier molecular flexibility index (Phi) is 7.77. The maximum Gasteiger partial charge on any atom is 0.344 e. The third kappa shape index (κ3) is 4.99. The molecular weight excluding hydrogens is 406 g/mol. The molecule has 0 unspecified atom stereocenters. The second-order valence-corrected chi connectivity index (χ2v) is 7.34. The SMILES string of the molecule is CCOC(=O)COc1c(Cl)cc(/C=C2/SC(=O)N([C@@H](C)CC)C2=O)cc1OC. The third-order valence-corrected chi connectivity index (χ3v) is 5.21. The first kappa shape index (κ1) is 22.1. The number of esters is 1. The van der Waals surface area contributed by atoms with Gasteiger partial charge < -0.3 is 14.2 Å². The highest BCUT2D eigenvalue weighted by molar-refractivity contribution is 8.18. The van der Waals surface area contributed by atoms with E-state index in [9.17, 15) is 14.4 Å². The molecular formula is C19H22ClNO6S. The van der Waals surface area contributed by atoms with Gasteiger partial charge in [-0.1, -0.05) is 18.5 Å². The normalized spacial score (nSPS) is 16.5. The van der Waals surface area contributed by atoms with Crippen LogP contribution in [0, 0.1) is 0 Å². The van der Waals surface area contributed by atoms with E-state index >= 15 is 0 Å². The van der Waals surface area contributed by atoms with Gasteiger partial charge in [-0.2, -0.15) is 0 Å². The average molecular weight is 428 g/mol. The Labute approximate surface area is 172 Å². The molecule has 1 aliphatic heterocycles. The number of carbonyl (C=O) groups excluding carboxylic acids is 3. The Bertz CT molecular complexity index is 810. The fraction of sp³-hybridized carbons (Fsp3) is 0.421. The number of methoxy groups -OCH3 is 1. The molecule has 28 heavy (non-hydrogen) atoms. The molecule has 0 spiro atoms. The molecule has 0 bridgehead atoms. The van der Waals surface area contributed by atoms with Crippen molar-refractivity contribution in [2.75, 3.05) is 20.3 Å². The number of thioether (sulfide) groups is 1. The lowest BCUT2D eigenvalue weighted by molar-refractivity contribution is -0.145. The van der Waals surface area contributed by atoms with E-state index in [-0.39, 0.29) is 41.2 Å². The summed E-state index contributed by atoms with van der Waals surface area (Å²) in [5, 5.41) is -0.0888. The Morgan fingerprint density at radius 1 is 1.32 bits per heavy atom. The number of ether oxygens (including phenoxy) is 3. The van der Waals surface area contributed by atoms with Crippen molar-refractivity contribution >= 4 is 46.6 Å². The van der Waals surface area contributed by atoms with Gasteiger partial charge in [0.15, 0.2) is 18.1 Å². The first-order valence-corrected chi connectivity index (χ1v) is 9.94. The van der Waals surface area contributed by atoms with Crippen molar-refractivity contribution in [3.05, 3.63) is 27.6 Å². The molecule has 1 aromatic rings. The van der Waals surface area contributed by atoms with Crippen LogP contribution in [0.15, 0.2) is 17.0 Å². The lowest BCUT2D eigenvalue weighted by atomic mass is 10.1. The highest BCUT2D eigenvalue weighted by Crippen LogP contribution is 2.39. The summed E-state index contributed by atoms with van der Waals surface area (Å²) >= 11 is 7.16. The van der Waals surface area contributed by atoms with Crippen molar-refractivity contribution in [3.63, 3.8) is 0 Å². The summed E-state index contributed by atoms with van der Waals surface area (Å²) in [6, 6.07) is 3.01. The lowest BCUT2D eigenvalue weighted by Crippen LogP contribution is -2.36. The molecule has 0 saturated carbocycles. The van der Waals surface area contributed by atoms with Crippen molar-refractivity contribution in [1.29, 1.82) is 0 Å². The largest absolute Gasteiger partial charge is 0.493 e. The monoisotopic (exact) mass is 427 g/mol. The van der Waals surface area contributed by atoms with Gasteiger partial charge in [0.25, 0.3) is 11.1 Å². The first-order valence-electron chi connectivity index (χ1n) is 8.75. The number of hydrogen-bond acceptors (Lipinski definition) is 7. The average Bonchev–Trinajstić information content (AvgIpc) is 2.93. The predicted octanol–water partition coefficient (Wildman–Crippen LogP) is 4.13. The number of amides is 2. The van der Waals surface area contributed by atoms with Gasteiger partial charge in [-0.05, 0) is 55.8 Å². The van der Waals surface area contributed by atoms with Crippen molar-refractivity contribution in [2.24, 2.45) is 0 Å². The number of carbonyl (C=O) groups is 3. The van der Waals surface area contributed by atoms with Crippen LogP contribution in [0.1, 0.15) is 32.8 Å². The van der Waals surface area contributed by atoms with E-state index < -0.39 is 5.97 Å². The summed E-state index contributed by atoms with van der Waals surface area (Å²) in [5.41, 5.74) is 0.569. The maximum absolute atomic E-state index is 12.5. The molecule has 7 nitrogen and oxygen atoms in total. The summed E-state index contributed by atoms with van der Waals surface area (Å²) in [4.78, 5) is 37.7. The van der Waals surface area contributed by atoms with Crippen molar-refractivity contribution < 1.29 is 28.6 Å². The fourth-order valence-corrected chi connectivity index (χ4v) is 3.69. The summed E-state index contributed by atoms with van der Waals surface area (Å²) in [5.74, 6) is -0.364. The highest BCUT2D eigenvalue weighted by atomic mass is 35.5. The minimum absolute atomic E-state index is 0.171. The van der Waals surface area contributed by atoms with Crippen LogP contribution in [-0.4, -0.2) is 48.4 Å². The van der Waals surface area contributed by atoms with E-state index in [4.69, 9.17) is 25.8 Å². The summed E-state index contributed by atoms with van der Waals surface area (Å²) in [6.07, 6.45) is 2.26. The van der Waals surface area contributed by atoms with Crippen molar-refractivity contribution in [3.8, 4) is 11.5 Å². The van der Waals surface area contributed by atoms with Crippen LogP contribution >= 0.6 is 23.4 Å². The second-order valence-electron chi connectivity index (χ2n) is 5.94. The third-order valence-electron chi connectivity index (χ3n) is 4.04. The zero-order valence-electron chi connectivity index (χ0n) is 16.1.